The van der Waals surface area contributed by atoms with Crippen LogP contribution in [-0.2, 0) is 10.1 Å². The minimum atomic E-state index is -4.06. The lowest BCUT2D eigenvalue weighted by Gasteiger charge is -2.18. The van der Waals surface area contributed by atoms with E-state index < -0.39 is 21.5 Å². The van der Waals surface area contributed by atoms with Crippen molar-refractivity contribution in [3.63, 3.8) is 0 Å². The lowest BCUT2D eigenvalue weighted by atomic mass is 10.0. The molecular formula is C23H48O4S. The predicted molar refractivity (Wildman–Crippen MR) is 120 cm³/mol. The molecule has 0 heterocycles. The van der Waals surface area contributed by atoms with E-state index in [1.165, 1.54) is 70.6 Å². The second-order valence-corrected chi connectivity index (χ2v) is 10.3. The summed E-state index contributed by atoms with van der Waals surface area (Å²) < 4.78 is 32.4. The summed E-state index contributed by atoms with van der Waals surface area (Å²) in [5, 5.41) is 9.33. The maximum atomic E-state index is 11.5. The molecule has 5 heteroatoms. The highest BCUT2D eigenvalue weighted by molar-refractivity contribution is 7.86. The highest BCUT2D eigenvalue weighted by Gasteiger charge is 2.25. The monoisotopic (exact) mass is 420 g/mol. The van der Waals surface area contributed by atoms with Gasteiger partial charge in [-0.25, -0.2) is 0 Å². The van der Waals surface area contributed by atoms with Gasteiger partial charge < -0.3 is 5.11 Å². The van der Waals surface area contributed by atoms with Gasteiger partial charge in [-0.3, -0.25) is 4.55 Å². The summed E-state index contributed by atoms with van der Waals surface area (Å²) in [5.74, 6) is 0. The van der Waals surface area contributed by atoms with Crippen LogP contribution in [0.2, 0.25) is 0 Å². The van der Waals surface area contributed by atoms with E-state index in [1.54, 1.807) is 0 Å². The number of aliphatic hydroxyl groups excluding tert-OH is 1. The van der Waals surface area contributed by atoms with E-state index in [2.05, 4.69) is 13.8 Å². The van der Waals surface area contributed by atoms with Crippen LogP contribution in [0.5, 0.6) is 0 Å². The van der Waals surface area contributed by atoms with Crippen LogP contribution in [0.1, 0.15) is 136 Å². The van der Waals surface area contributed by atoms with E-state index in [9.17, 15) is 18.1 Å². The lowest BCUT2D eigenvalue weighted by Crippen LogP contribution is -2.26. The smallest absolute Gasteiger partial charge is 0.267 e. The molecule has 0 aromatic carbocycles. The average molecular weight is 421 g/mol. The first kappa shape index (κ1) is 27.9. The first-order valence-corrected chi connectivity index (χ1v) is 13.6. The molecule has 0 radical (unpaired) electrons. The van der Waals surface area contributed by atoms with Gasteiger partial charge in [0.25, 0.3) is 10.1 Å². The van der Waals surface area contributed by atoms with Crippen LogP contribution < -0.4 is 0 Å². The topological polar surface area (TPSA) is 74.6 Å². The summed E-state index contributed by atoms with van der Waals surface area (Å²) in [5.41, 5.74) is 0. The quantitative estimate of drug-likeness (QED) is 0.154. The van der Waals surface area contributed by atoms with E-state index in [-0.39, 0.29) is 6.42 Å². The Hall–Kier alpha value is -0.130. The van der Waals surface area contributed by atoms with Crippen LogP contribution in [0.3, 0.4) is 0 Å². The minimum Gasteiger partial charge on any atom is -0.393 e. The number of hydrogen-bond donors (Lipinski definition) is 2. The van der Waals surface area contributed by atoms with Gasteiger partial charge in [-0.2, -0.15) is 8.42 Å². The van der Waals surface area contributed by atoms with Gasteiger partial charge in [0.2, 0.25) is 0 Å². The molecule has 0 rings (SSSR count). The molecule has 0 bridgehead atoms. The van der Waals surface area contributed by atoms with Crippen molar-refractivity contribution in [2.24, 2.45) is 0 Å². The third-order valence-electron chi connectivity index (χ3n) is 5.73. The van der Waals surface area contributed by atoms with Gasteiger partial charge in [0.05, 0.1) is 11.4 Å². The van der Waals surface area contributed by atoms with Crippen molar-refractivity contribution in [2.45, 2.75) is 147 Å². The summed E-state index contributed by atoms with van der Waals surface area (Å²) in [4.78, 5) is 0. The summed E-state index contributed by atoms with van der Waals surface area (Å²) in [6, 6.07) is 0. The zero-order valence-corrected chi connectivity index (χ0v) is 19.5. The molecule has 0 aliphatic heterocycles. The van der Waals surface area contributed by atoms with Crippen LogP contribution in [0.25, 0.3) is 0 Å². The van der Waals surface area contributed by atoms with Gasteiger partial charge in [-0.1, -0.05) is 117 Å². The first-order chi connectivity index (χ1) is 13.4. The molecule has 2 N–H and O–H groups in total. The zero-order valence-electron chi connectivity index (χ0n) is 18.7. The molecule has 0 amide bonds. The Morgan fingerprint density at radius 1 is 0.607 bits per heavy atom. The van der Waals surface area contributed by atoms with E-state index in [0.717, 1.165) is 32.1 Å². The second-order valence-electron chi connectivity index (χ2n) is 8.55. The maximum absolute atomic E-state index is 11.5. The lowest BCUT2D eigenvalue weighted by molar-refractivity contribution is 0.146. The molecule has 0 saturated carbocycles. The third-order valence-corrected chi connectivity index (χ3v) is 7.00. The Morgan fingerprint density at radius 3 is 1.39 bits per heavy atom. The van der Waals surface area contributed by atoms with Crippen LogP contribution >= 0.6 is 0 Å². The van der Waals surface area contributed by atoms with Crippen molar-refractivity contribution in [2.75, 3.05) is 0 Å². The summed E-state index contributed by atoms with van der Waals surface area (Å²) in [6.45, 7) is 4.32. The molecule has 170 valence electrons. The molecule has 2 atom stereocenters. The fourth-order valence-electron chi connectivity index (χ4n) is 3.83. The van der Waals surface area contributed by atoms with Crippen molar-refractivity contribution < 1.29 is 18.1 Å². The Morgan fingerprint density at radius 2 is 0.964 bits per heavy atom. The molecule has 0 saturated heterocycles. The average Bonchev–Trinajstić information content (AvgIpc) is 2.64. The highest BCUT2D eigenvalue weighted by atomic mass is 32.2. The fraction of sp³-hybridized carbons (Fsp3) is 1.00. The third kappa shape index (κ3) is 17.9. The zero-order chi connectivity index (χ0) is 21.1. The van der Waals surface area contributed by atoms with Crippen LogP contribution in [-0.4, -0.2) is 29.4 Å². The molecule has 4 nitrogen and oxygen atoms in total. The van der Waals surface area contributed by atoms with Gasteiger partial charge in [-0.15, -0.1) is 0 Å². The van der Waals surface area contributed by atoms with Crippen LogP contribution in [0.4, 0.5) is 0 Å². The standard InChI is InChI=1S/C23H48O4S/c1-3-5-7-8-9-10-11-12-13-14-15-16-18-19-22(24)21-23(28(25,26)27)20-17-6-4-2/h22-24H,3-21H2,1-2H3,(H,25,26,27). The van der Waals surface area contributed by atoms with Crippen molar-refractivity contribution in [3.8, 4) is 0 Å². The largest absolute Gasteiger partial charge is 0.393 e. The van der Waals surface area contributed by atoms with E-state index in [0.29, 0.717) is 12.8 Å². The maximum Gasteiger partial charge on any atom is 0.267 e. The van der Waals surface area contributed by atoms with Crippen molar-refractivity contribution in [3.05, 3.63) is 0 Å². The summed E-state index contributed by atoms with van der Waals surface area (Å²) >= 11 is 0. The minimum absolute atomic E-state index is 0.167. The number of hydrogen-bond acceptors (Lipinski definition) is 3. The Labute approximate surface area is 175 Å². The Kier molecular flexibility index (Phi) is 18.8. The van der Waals surface area contributed by atoms with Crippen LogP contribution in [0.15, 0.2) is 0 Å². The normalized spacial score (nSPS) is 14.3. The van der Waals surface area contributed by atoms with E-state index >= 15 is 0 Å². The predicted octanol–water partition coefficient (Wildman–Crippen LogP) is 7.06. The molecule has 0 aliphatic rings. The highest BCUT2D eigenvalue weighted by Crippen LogP contribution is 2.19. The van der Waals surface area contributed by atoms with Crippen LogP contribution in [0, 0.1) is 0 Å². The van der Waals surface area contributed by atoms with Crippen molar-refractivity contribution in [1.82, 2.24) is 0 Å². The Bertz CT molecular complexity index is 422. The number of rotatable bonds is 21. The van der Waals surface area contributed by atoms with Crippen molar-refractivity contribution in [1.29, 1.82) is 0 Å². The summed E-state index contributed by atoms with van der Waals surface area (Å²) in [6.07, 6.45) is 20.1. The SMILES string of the molecule is CCCCCCCCCCCCCCCC(O)CC(CCCCC)S(=O)(=O)O. The second kappa shape index (κ2) is 18.9. The van der Waals surface area contributed by atoms with Gasteiger partial charge >= 0.3 is 0 Å². The summed E-state index contributed by atoms with van der Waals surface area (Å²) in [7, 11) is -4.06. The van der Waals surface area contributed by atoms with E-state index in [4.69, 9.17) is 0 Å². The molecule has 0 spiro atoms. The van der Waals surface area contributed by atoms with Gasteiger partial charge in [0, 0.05) is 0 Å². The van der Waals surface area contributed by atoms with E-state index in [1.807, 2.05) is 0 Å². The Balaban J connectivity index is 3.60. The molecule has 2 unspecified atom stereocenters. The molecule has 0 fully saturated rings. The number of unbranched alkanes of at least 4 members (excludes halogenated alkanes) is 14. The molecule has 0 aromatic heterocycles. The van der Waals surface area contributed by atoms with Crippen molar-refractivity contribution >= 4 is 10.1 Å². The van der Waals surface area contributed by atoms with Gasteiger partial charge in [0.15, 0.2) is 0 Å². The number of aliphatic hydroxyl groups is 1. The molecule has 0 aliphatic carbocycles. The molecular weight excluding hydrogens is 372 g/mol. The molecule has 28 heavy (non-hydrogen) atoms. The van der Waals surface area contributed by atoms with Gasteiger partial charge in [-0.05, 0) is 19.3 Å². The fourth-order valence-corrected chi connectivity index (χ4v) is 4.76. The van der Waals surface area contributed by atoms with Gasteiger partial charge in [0.1, 0.15) is 0 Å². The molecule has 0 aromatic rings. The first-order valence-electron chi connectivity index (χ1n) is 12.1.